The average molecular weight is 387 g/mol. The Morgan fingerprint density at radius 2 is 2.00 bits per heavy atom. The highest BCUT2D eigenvalue weighted by Crippen LogP contribution is 2.39. The number of thiazole rings is 2. The number of fused-ring (bicyclic) bond motifs is 2. The predicted octanol–water partition coefficient (Wildman–Crippen LogP) is 2.13. The normalized spacial score (nSPS) is 24.9. The second kappa shape index (κ2) is 6.17. The van der Waals surface area contributed by atoms with E-state index in [1.165, 1.54) is 22.7 Å². The number of nitrogens with one attached hydrogen (secondary N) is 1. The molecule has 9 heteroatoms. The van der Waals surface area contributed by atoms with Gasteiger partial charge in [-0.15, -0.1) is 11.3 Å². The summed E-state index contributed by atoms with van der Waals surface area (Å²) in [7, 11) is 0. The van der Waals surface area contributed by atoms with Crippen molar-refractivity contribution in [3.05, 3.63) is 40.1 Å². The second-order valence-electron chi connectivity index (χ2n) is 6.95. The third-order valence-electron chi connectivity index (χ3n) is 5.33. The van der Waals surface area contributed by atoms with E-state index in [1.54, 1.807) is 17.9 Å². The minimum atomic E-state index is -0.0349. The Bertz CT molecular complexity index is 921. The first-order chi connectivity index (χ1) is 12.7. The van der Waals surface area contributed by atoms with E-state index in [9.17, 15) is 9.59 Å². The van der Waals surface area contributed by atoms with E-state index in [-0.39, 0.29) is 17.9 Å². The van der Waals surface area contributed by atoms with E-state index < -0.39 is 0 Å². The van der Waals surface area contributed by atoms with Gasteiger partial charge in [0.1, 0.15) is 9.75 Å². The van der Waals surface area contributed by atoms with Crippen molar-refractivity contribution in [1.82, 2.24) is 24.6 Å². The summed E-state index contributed by atoms with van der Waals surface area (Å²) in [4.78, 5) is 37.4. The van der Waals surface area contributed by atoms with Crippen LogP contribution in [0.1, 0.15) is 32.2 Å². The molecule has 2 unspecified atom stereocenters. The van der Waals surface area contributed by atoms with Gasteiger partial charge in [-0.25, -0.2) is 4.98 Å². The Morgan fingerprint density at radius 1 is 1.19 bits per heavy atom. The first-order valence-electron chi connectivity index (χ1n) is 8.58. The van der Waals surface area contributed by atoms with E-state index in [4.69, 9.17) is 0 Å². The molecular formula is C17H17N5O2S2. The molecule has 134 valence electrons. The molecule has 1 saturated carbocycles. The van der Waals surface area contributed by atoms with Crippen LogP contribution in [0.25, 0.3) is 4.96 Å². The lowest BCUT2D eigenvalue weighted by Crippen LogP contribution is -2.35. The van der Waals surface area contributed by atoms with Crippen molar-refractivity contribution in [2.24, 2.45) is 11.8 Å². The molecule has 1 aliphatic heterocycles. The number of hydrogen-bond donors (Lipinski definition) is 1. The van der Waals surface area contributed by atoms with Crippen molar-refractivity contribution in [2.75, 3.05) is 13.1 Å². The molecule has 7 nitrogen and oxygen atoms in total. The molecule has 3 aromatic rings. The SMILES string of the molecule is O=C(NC1CC2CN(C(=O)c3cn4ccnc4s3)CC2C1)c1cncs1. The highest BCUT2D eigenvalue weighted by molar-refractivity contribution is 7.18. The summed E-state index contributed by atoms with van der Waals surface area (Å²) in [5.74, 6) is 0.997. The molecule has 2 amide bonds. The lowest BCUT2D eigenvalue weighted by molar-refractivity contribution is 0.0779. The zero-order valence-corrected chi connectivity index (χ0v) is 15.5. The van der Waals surface area contributed by atoms with E-state index >= 15 is 0 Å². The molecule has 2 fully saturated rings. The van der Waals surface area contributed by atoms with Gasteiger partial charge in [0.25, 0.3) is 11.8 Å². The van der Waals surface area contributed by atoms with Gasteiger partial charge in [-0.2, -0.15) is 0 Å². The number of imidazole rings is 1. The molecule has 2 atom stereocenters. The molecule has 26 heavy (non-hydrogen) atoms. The van der Waals surface area contributed by atoms with Gasteiger partial charge >= 0.3 is 0 Å². The van der Waals surface area contributed by atoms with Crippen LogP contribution in [0.2, 0.25) is 0 Å². The molecule has 1 N–H and O–H groups in total. The van der Waals surface area contributed by atoms with Crippen LogP contribution in [0, 0.1) is 11.8 Å². The number of hydrogen-bond acceptors (Lipinski definition) is 6. The Hall–Kier alpha value is -2.26. The van der Waals surface area contributed by atoms with Crippen LogP contribution in [-0.2, 0) is 0 Å². The van der Waals surface area contributed by atoms with Gasteiger partial charge < -0.3 is 10.2 Å². The Balaban J connectivity index is 1.21. The third-order valence-corrected chi connectivity index (χ3v) is 7.10. The second-order valence-corrected chi connectivity index (χ2v) is 8.85. The van der Waals surface area contributed by atoms with Gasteiger partial charge in [0.2, 0.25) is 0 Å². The summed E-state index contributed by atoms with van der Waals surface area (Å²) in [5.41, 5.74) is 1.67. The van der Waals surface area contributed by atoms with E-state index in [1.807, 2.05) is 21.7 Å². The van der Waals surface area contributed by atoms with Crippen molar-refractivity contribution in [2.45, 2.75) is 18.9 Å². The zero-order chi connectivity index (χ0) is 17.7. The van der Waals surface area contributed by atoms with Crippen LogP contribution in [0.5, 0.6) is 0 Å². The van der Waals surface area contributed by atoms with Crippen LogP contribution >= 0.6 is 22.7 Å². The molecule has 0 spiro atoms. The molecule has 2 aliphatic rings. The fourth-order valence-corrected chi connectivity index (χ4v) is 5.59. The van der Waals surface area contributed by atoms with Gasteiger partial charge in [-0.1, -0.05) is 11.3 Å². The summed E-state index contributed by atoms with van der Waals surface area (Å²) in [6.07, 6.45) is 8.94. The summed E-state index contributed by atoms with van der Waals surface area (Å²) >= 11 is 2.79. The minimum Gasteiger partial charge on any atom is -0.349 e. The molecule has 0 bridgehead atoms. The molecule has 1 saturated heterocycles. The number of likely N-dealkylation sites (tertiary alicyclic amines) is 1. The maximum Gasteiger partial charge on any atom is 0.265 e. The molecule has 5 rings (SSSR count). The first-order valence-corrected chi connectivity index (χ1v) is 10.3. The maximum absolute atomic E-state index is 12.8. The molecule has 1 aliphatic carbocycles. The number of carbonyl (C=O) groups is 2. The van der Waals surface area contributed by atoms with Crippen LogP contribution in [0.4, 0.5) is 0 Å². The number of carbonyl (C=O) groups excluding carboxylic acids is 2. The Morgan fingerprint density at radius 3 is 2.69 bits per heavy atom. The van der Waals surface area contributed by atoms with Crippen molar-refractivity contribution in [3.63, 3.8) is 0 Å². The minimum absolute atomic E-state index is 0.0349. The van der Waals surface area contributed by atoms with Crippen molar-refractivity contribution >= 4 is 39.4 Å². The van der Waals surface area contributed by atoms with Gasteiger partial charge in [-0.05, 0) is 24.7 Å². The van der Waals surface area contributed by atoms with Crippen LogP contribution in [-0.4, -0.2) is 50.2 Å². The number of amides is 2. The first kappa shape index (κ1) is 16.0. The topological polar surface area (TPSA) is 79.6 Å². The summed E-state index contributed by atoms with van der Waals surface area (Å²) < 4.78 is 1.89. The smallest absolute Gasteiger partial charge is 0.265 e. The van der Waals surface area contributed by atoms with Crippen molar-refractivity contribution in [1.29, 1.82) is 0 Å². The monoisotopic (exact) mass is 387 g/mol. The van der Waals surface area contributed by atoms with Crippen LogP contribution in [0.15, 0.2) is 30.3 Å². The van der Waals surface area contributed by atoms with E-state index in [0.29, 0.717) is 16.7 Å². The van der Waals surface area contributed by atoms with Crippen molar-refractivity contribution in [3.8, 4) is 0 Å². The number of aromatic nitrogens is 3. The standard InChI is InChI=1S/C17H17N5O2S2/c23-15(13-5-18-9-25-13)20-12-3-10-6-22(7-11(10)4-12)16(24)14-8-21-2-1-19-17(21)26-14/h1-2,5,8-12H,3-4,6-7H2,(H,20,23). The number of nitrogens with zero attached hydrogens (tertiary/aromatic N) is 4. The van der Waals surface area contributed by atoms with Gasteiger partial charge in [-0.3, -0.25) is 19.0 Å². The van der Waals surface area contributed by atoms with E-state index in [2.05, 4.69) is 15.3 Å². The van der Waals surface area contributed by atoms with Crippen molar-refractivity contribution < 1.29 is 9.59 Å². The number of rotatable bonds is 3. The van der Waals surface area contributed by atoms with Crippen LogP contribution in [0.3, 0.4) is 0 Å². The molecule has 0 radical (unpaired) electrons. The lowest BCUT2D eigenvalue weighted by atomic mass is 10.0. The highest BCUT2D eigenvalue weighted by Gasteiger charge is 2.43. The van der Waals surface area contributed by atoms with Gasteiger partial charge in [0, 0.05) is 37.7 Å². The lowest BCUT2D eigenvalue weighted by Gasteiger charge is -2.19. The average Bonchev–Trinajstić information content (AvgIpc) is 3.37. The molecular weight excluding hydrogens is 370 g/mol. The predicted molar refractivity (Wildman–Crippen MR) is 98.6 cm³/mol. The molecule has 3 aromatic heterocycles. The zero-order valence-electron chi connectivity index (χ0n) is 13.9. The third kappa shape index (κ3) is 2.71. The summed E-state index contributed by atoms with van der Waals surface area (Å²) in [6.45, 7) is 1.55. The Kier molecular flexibility index (Phi) is 3.79. The Labute approximate surface area is 157 Å². The highest BCUT2D eigenvalue weighted by atomic mass is 32.1. The molecule has 4 heterocycles. The quantitative estimate of drug-likeness (QED) is 0.747. The summed E-state index contributed by atoms with van der Waals surface area (Å²) in [6, 6.07) is 0.196. The van der Waals surface area contributed by atoms with Crippen LogP contribution < -0.4 is 5.32 Å². The fraction of sp³-hybridized carbons (Fsp3) is 0.412. The summed E-state index contributed by atoms with van der Waals surface area (Å²) in [5, 5.41) is 3.12. The maximum atomic E-state index is 12.8. The van der Waals surface area contributed by atoms with E-state index in [0.717, 1.165) is 35.8 Å². The van der Waals surface area contributed by atoms with Gasteiger partial charge in [0.15, 0.2) is 4.96 Å². The fourth-order valence-electron chi connectivity index (χ4n) is 4.15. The van der Waals surface area contributed by atoms with Gasteiger partial charge in [0.05, 0.1) is 11.7 Å². The largest absolute Gasteiger partial charge is 0.349 e. The molecule has 0 aromatic carbocycles.